The minimum Gasteiger partial charge on any atom is -0.296 e. The lowest BCUT2D eigenvalue weighted by molar-refractivity contribution is -0.258. The summed E-state index contributed by atoms with van der Waals surface area (Å²) in [7, 11) is 0. The summed E-state index contributed by atoms with van der Waals surface area (Å²) in [6, 6.07) is 0. The highest BCUT2D eigenvalue weighted by Gasteiger charge is 2.50. The molecule has 112 valence electrons. The SMILES string of the molecule is CCC(F)(OC(F)(CC)C(F)=C(F)F)C(F)=C(F)F. The lowest BCUT2D eigenvalue weighted by Crippen LogP contribution is -2.40. The zero-order chi connectivity index (χ0) is 15.4. The van der Waals surface area contributed by atoms with Gasteiger partial charge < -0.3 is 0 Å². The fourth-order valence-corrected chi connectivity index (χ4v) is 1.08. The monoisotopic (exact) mass is 298 g/mol. The molecule has 0 aliphatic rings. The average molecular weight is 298 g/mol. The fraction of sp³-hybridized carbons (Fsp3) is 0.600. The first-order chi connectivity index (χ1) is 8.54. The van der Waals surface area contributed by atoms with Gasteiger partial charge in [-0.1, -0.05) is 13.8 Å². The standard InChI is InChI=1S/C10H10F8O/c1-3-9(17,5(11)7(13)14)19-10(18,4-2)6(12)8(15)16/h3-4H2,1-2H3. The number of halogens is 8. The molecule has 0 aromatic rings. The van der Waals surface area contributed by atoms with Crippen LogP contribution in [0.2, 0.25) is 0 Å². The Balaban J connectivity index is 5.60. The Labute approximate surface area is 103 Å². The van der Waals surface area contributed by atoms with Crippen LogP contribution in [0.5, 0.6) is 0 Å². The summed E-state index contributed by atoms with van der Waals surface area (Å²) in [5, 5.41) is 0. The summed E-state index contributed by atoms with van der Waals surface area (Å²) in [4.78, 5) is 0. The van der Waals surface area contributed by atoms with E-state index in [-0.39, 0.29) is 0 Å². The topological polar surface area (TPSA) is 9.23 Å². The quantitative estimate of drug-likeness (QED) is 0.604. The maximum atomic E-state index is 13.7. The van der Waals surface area contributed by atoms with E-state index in [2.05, 4.69) is 4.74 Å². The van der Waals surface area contributed by atoms with Crippen molar-refractivity contribution >= 4 is 0 Å². The Hall–Kier alpha value is -1.12. The largest absolute Gasteiger partial charge is 0.307 e. The normalized spacial score (nSPS) is 17.4. The fourth-order valence-electron chi connectivity index (χ4n) is 1.08. The molecule has 0 rings (SSSR count). The summed E-state index contributed by atoms with van der Waals surface area (Å²) >= 11 is 0. The first-order valence-electron chi connectivity index (χ1n) is 5.04. The van der Waals surface area contributed by atoms with Gasteiger partial charge in [-0.05, 0) is 0 Å². The van der Waals surface area contributed by atoms with E-state index in [0.29, 0.717) is 0 Å². The molecular formula is C10H10F8O. The molecule has 0 saturated carbocycles. The molecule has 2 atom stereocenters. The summed E-state index contributed by atoms with van der Waals surface area (Å²) in [6.07, 6.45) is -8.67. The number of hydrogen-bond acceptors (Lipinski definition) is 1. The summed E-state index contributed by atoms with van der Waals surface area (Å²) in [5.41, 5.74) is 0. The highest BCUT2D eigenvalue weighted by Crippen LogP contribution is 2.42. The van der Waals surface area contributed by atoms with Gasteiger partial charge in [0.2, 0.25) is 11.7 Å². The molecule has 1 nitrogen and oxygen atoms in total. The molecule has 0 radical (unpaired) electrons. The highest BCUT2D eigenvalue weighted by atomic mass is 19.3. The molecule has 0 aliphatic heterocycles. The molecule has 0 bridgehead atoms. The summed E-state index contributed by atoms with van der Waals surface area (Å²) in [5.74, 6) is -13.7. The van der Waals surface area contributed by atoms with Gasteiger partial charge in [-0.2, -0.15) is 26.3 Å². The van der Waals surface area contributed by atoms with Crippen LogP contribution in [0.15, 0.2) is 23.8 Å². The molecule has 0 spiro atoms. The van der Waals surface area contributed by atoms with Crippen molar-refractivity contribution in [2.75, 3.05) is 0 Å². The van der Waals surface area contributed by atoms with E-state index >= 15 is 0 Å². The lowest BCUT2D eigenvalue weighted by Gasteiger charge is -2.30. The van der Waals surface area contributed by atoms with Crippen LogP contribution in [0.1, 0.15) is 26.7 Å². The number of rotatable bonds is 6. The molecule has 0 aromatic carbocycles. The maximum Gasteiger partial charge on any atom is 0.307 e. The van der Waals surface area contributed by atoms with Crippen molar-refractivity contribution in [2.24, 2.45) is 0 Å². The zero-order valence-electron chi connectivity index (χ0n) is 9.85. The van der Waals surface area contributed by atoms with Gasteiger partial charge >= 0.3 is 12.2 Å². The maximum absolute atomic E-state index is 13.7. The Kier molecular flexibility index (Phi) is 5.98. The molecule has 0 aromatic heterocycles. The number of hydrogen-bond donors (Lipinski definition) is 0. The molecule has 19 heavy (non-hydrogen) atoms. The summed E-state index contributed by atoms with van der Waals surface area (Å²) in [6.45, 7) is 1.57. The van der Waals surface area contributed by atoms with Crippen LogP contribution in [0, 0.1) is 0 Å². The molecule has 0 saturated heterocycles. The third-order valence-corrected chi connectivity index (χ3v) is 2.22. The number of alkyl halides is 2. The van der Waals surface area contributed by atoms with Crippen LogP contribution in [0.4, 0.5) is 35.1 Å². The molecule has 2 unspecified atom stereocenters. The Morgan fingerprint density at radius 3 is 1.16 bits per heavy atom. The van der Waals surface area contributed by atoms with Gasteiger partial charge in [-0.3, -0.25) is 4.74 Å². The van der Waals surface area contributed by atoms with Gasteiger partial charge in [0.1, 0.15) is 0 Å². The predicted molar refractivity (Wildman–Crippen MR) is 50.0 cm³/mol. The zero-order valence-corrected chi connectivity index (χ0v) is 9.85. The van der Waals surface area contributed by atoms with E-state index in [1.54, 1.807) is 0 Å². The molecule has 0 heterocycles. The van der Waals surface area contributed by atoms with Crippen molar-refractivity contribution in [3.05, 3.63) is 23.8 Å². The van der Waals surface area contributed by atoms with Gasteiger partial charge in [-0.15, -0.1) is 0 Å². The van der Waals surface area contributed by atoms with E-state index in [0.717, 1.165) is 13.8 Å². The van der Waals surface area contributed by atoms with Gasteiger partial charge in [0, 0.05) is 12.8 Å². The van der Waals surface area contributed by atoms with Crippen molar-refractivity contribution in [1.29, 1.82) is 0 Å². The second kappa shape index (κ2) is 6.36. The third-order valence-electron chi connectivity index (χ3n) is 2.22. The van der Waals surface area contributed by atoms with Crippen molar-refractivity contribution in [3.63, 3.8) is 0 Å². The Morgan fingerprint density at radius 1 is 0.737 bits per heavy atom. The molecule has 9 heteroatoms. The second-order valence-electron chi connectivity index (χ2n) is 3.41. The van der Waals surface area contributed by atoms with Crippen LogP contribution >= 0.6 is 0 Å². The minimum absolute atomic E-state index is 0.784. The van der Waals surface area contributed by atoms with Crippen molar-refractivity contribution < 1.29 is 39.9 Å². The van der Waals surface area contributed by atoms with Crippen LogP contribution in [-0.2, 0) is 4.74 Å². The average Bonchev–Trinajstić information content (AvgIpc) is 2.36. The molecule has 0 N–H and O–H groups in total. The van der Waals surface area contributed by atoms with Crippen LogP contribution in [0.25, 0.3) is 0 Å². The second-order valence-corrected chi connectivity index (χ2v) is 3.41. The first-order valence-corrected chi connectivity index (χ1v) is 5.04. The van der Waals surface area contributed by atoms with Gasteiger partial charge in [0.05, 0.1) is 0 Å². The minimum atomic E-state index is -4.05. The van der Waals surface area contributed by atoms with Crippen LogP contribution in [0.3, 0.4) is 0 Å². The van der Waals surface area contributed by atoms with E-state index in [4.69, 9.17) is 0 Å². The van der Waals surface area contributed by atoms with Gasteiger partial charge in [0.15, 0.2) is 0 Å². The van der Waals surface area contributed by atoms with E-state index in [1.165, 1.54) is 0 Å². The van der Waals surface area contributed by atoms with Gasteiger partial charge in [0.25, 0.3) is 11.7 Å². The summed E-state index contributed by atoms with van der Waals surface area (Å²) < 4.78 is 104. The lowest BCUT2D eigenvalue weighted by atomic mass is 10.1. The first kappa shape index (κ1) is 17.9. The third kappa shape index (κ3) is 3.92. The molecular weight excluding hydrogens is 288 g/mol. The molecule has 0 aliphatic carbocycles. The highest BCUT2D eigenvalue weighted by molar-refractivity contribution is 5.10. The molecule has 0 fully saturated rings. The smallest absolute Gasteiger partial charge is 0.296 e. The van der Waals surface area contributed by atoms with Crippen LogP contribution < -0.4 is 0 Å². The van der Waals surface area contributed by atoms with Crippen molar-refractivity contribution in [1.82, 2.24) is 0 Å². The predicted octanol–water partition coefficient (Wildman–Crippen LogP) is 5.31. The number of ether oxygens (including phenoxy) is 1. The Bertz CT molecular complexity index is 349. The van der Waals surface area contributed by atoms with Crippen molar-refractivity contribution in [2.45, 2.75) is 38.4 Å². The van der Waals surface area contributed by atoms with Crippen molar-refractivity contribution in [3.8, 4) is 0 Å². The van der Waals surface area contributed by atoms with E-state index < -0.39 is 48.4 Å². The van der Waals surface area contributed by atoms with E-state index in [1.807, 2.05) is 0 Å². The van der Waals surface area contributed by atoms with E-state index in [9.17, 15) is 35.1 Å². The van der Waals surface area contributed by atoms with Crippen LogP contribution in [-0.4, -0.2) is 11.7 Å². The Morgan fingerprint density at radius 2 is 1.00 bits per heavy atom. The molecule has 0 amide bonds. The van der Waals surface area contributed by atoms with Gasteiger partial charge in [-0.25, -0.2) is 8.78 Å².